The first kappa shape index (κ1) is 36.1. The summed E-state index contributed by atoms with van der Waals surface area (Å²) in [5, 5.41) is 43.1. The molecule has 0 spiro atoms. The summed E-state index contributed by atoms with van der Waals surface area (Å²) in [6.45, 7) is 8.22. The van der Waals surface area contributed by atoms with E-state index in [9.17, 15) is 20.4 Å². The van der Waals surface area contributed by atoms with Crippen molar-refractivity contribution in [2.75, 3.05) is 26.3 Å². The zero-order valence-corrected chi connectivity index (χ0v) is 27.7. The van der Waals surface area contributed by atoms with Gasteiger partial charge in [-0.3, -0.25) is 9.98 Å². The van der Waals surface area contributed by atoms with Crippen molar-refractivity contribution < 1.29 is 20.4 Å². The minimum Gasteiger partial charge on any atom is -0.871 e. The van der Waals surface area contributed by atoms with Crippen LogP contribution in [0.4, 0.5) is 0 Å². The summed E-state index contributed by atoms with van der Waals surface area (Å²) in [7, 11) is 0. The van der Waals surface area contributed by atoms with E-state index in [1.807, 2.05) is 0 Å². The molecule has 0 aromatic rings. The first-order valence-electron chi connectivity index (χ1n) is 13.0. The van der Waals surface area contributed by atoms with Crippen molar-refractivity contribution in [3.05, 3.63) is 23.7 Å². The third-order valence-corrected chi connectivity index (χ3v) is 12.7. The summed E-state index contributed by atoms with van der Waals surface area (Å²) in [4.78, 5) is 7.36. The Balaban J connectivity index is 0. The van der Waals surface area contributed by atoms with Crippen LogP contribution in [0.3, 0.4) is 0 Å². The first-order valence-corrected chi connectivity index (χ1v) is 21.0. The van der Waals surface area contributed by atoms with Crippen molar-refractivity contribution in [1.82, 2.24) is 0 Å². The predicted molar refractivity (Wildman–Crippen MR) is 141 cm³/mol. The zero-order chi connectivity index (χ0) is 25.9. The summed E-state index contributed by atoms with van der Waals surface area (Å²) >= 11 is 0.299. The Labute approximate surface area is 229 Å². The number of unbranched alkanes of at least 4 members (excludes halogenated alkanes) is 4. The molecule has 192 valence electrons. The van der Waals surface area contributed by atoms with Gasteiger partial charge in [-0.25, -0.2) is 0 Å². The molecule has 0 saturated heterocycles. The Morgan fingerprint density at radius 2 is 0.882 bits per heavy atom. The summed E-state index contributed by atoms with van der Waals surface area (Å²) in [5.41, 5.74) is -0.0520. The van der Waals surface area contributed by atoms with Gasteiger partial charge in [0.25, 0.3) is 0 Å². The van der Waals surface area contributed by atoms with Crippen molar-refractivity contribution in [3.8, 4) is 0 Å². The molecule has 0 bridgehead atoms. The summed E-state index contributed by atoms with van der Waals surface area (Å²) in [6.07, 6.45) is 13.8. The Morgan fingerprint density at radius 1 is 0.588 bits per heavy atom. The topological polar surface area (TPSA) is 117 Å². The average molecular weight is 688 g/mol. The van der Waals surface area contributed by atoms with E-state index in [0.717, 1.165) is 12.2 Å². The van der Waals surface area contributed by atoms with E-state index in [1.54, 1.807) is 17.7 Å². The zero-order valence-electron chi connectivity index (χ0n) is 22.0. The van der Waals surface area contributed by atoms with Gasteiger partial charge in [-0.15, -0.1) is 13.2 Å². The Kier molecular flexibility index (Phi) is 31.0. The van der Waals surface area contributed by atoms with Gasteiger partial charge >= 0.3 is 139 Å². The molecular formula is C26H46N2O4Sn2. The molecule has 6 nitrogen and oxygen atoms in total. The van der Waals surface area contributed by atoms with Crippen LogP contribution < -0.4 is 20.4 Å². The molecule has 0 aromatic heterocycles. The molecule has 8 heteroatoms. The van der Waals surface area contributed by atoms with Crippen LogP contribution in [0.25, 0.3) is 0 Å². The number of aliphatic imine (C=N–C) groups is 2. The quantitative estimate of drug-likeness (QED) is 0.141. The van der Waals surface area contributed by atoms with Crippen LogP contribution >= 0.6 is 0 Å². The fourth-order valence-corrected chi connectivity index (χ4v) is 10.9. The molecule has 0 saturated carbocycles. The van der Waals surface area contributed by atoms with Crippen molar-refractivity contribution in [2.45, 2.75) is 96.8 Å². The fourth-order valence-electron chi connectivity index (χ4n) is 2.57. The second kappa shape index (κ2) is 29.2. The second-order valence-electron chi connectivity index (χ2n) is 7.87. The normalized spacial score (nSPS) is 14.8. The van der Waals surface area contributed by atoms with E-state index < -0.39 is 24.7 Å². The SMILES string of the molecule is CCC[CH2][Sn+2][CH2]CCC.CCC[CH2][Sn+2][CH2]CCC.[O-]CCN=C1C=C([O-])C(=NCC[O-])C=C1[O-]. The maximum Gasteiger partial charge on any atom is 0.0490 e. The van der Waals surface area contributed by atoms with E-state index in [4.69, 9.17) is 0 Å². The molecule has 0 atom stereocenters. The van der Waals surface area contributed by atoms with Gasteiger partial charge in [-0.1, -0.05) is 11.5 Å². The van der Waals surface area contributed by atoms with Gasteiger partial charge in [0.2, 0.25) is 0 Å². The number of nitrogens with zero attached hydrogens (tertiary/aromatic N) is 2. The van der Waals surface area contributed by atoms with Crippen LogP contribution in [0.15, 0.2) is 33.7 Å². The maximum absolute atomic E-state index is 11.4. The van der Waals surface area contributed by atoms with E-state index in [0.29, 0.717) is 0 Å². The van der Waals surface area contributed by atoms with E-state index >= 15 is 0 Å². The van der Waals surface area contributed by atoms with Gasteiger partial charge in [0.05, 0.1) is 0 Å². The van der Waals surface area contributed by atoms with E-state index in [-0.39, 0.29) is 66.8 Å². The van der Waals surface area contributed by atoms with Crippen LogP contribution in [0.5, 0.6) is 0 Å². The van der Waals surface area contributed by atoms with Crippen LogP contribution in [-0.4, -0.2) is 80.0 Å². The standard InChI is InChI=1S/C10H12N2O4.4C4H9.2Sn/c13-3-1-11-7-5-10(16)8(6-9(7)15)12-2-4-14;4*1-3-4-2;;/h5-6,15-16H,1-4H2;4*1,3-4H2,2H3;;/q-2;;;;;2*+2/p-2. The molecule has 0 fully saturated rings. The van der Waals surface area contributed by atoms with Crippen LogP contribution in [-0.2, 0) is 0 Å². The van der Waals surface area contributed by atoms with Gasteiger partial charge in [0.1, 0.15) is 0 Å². The molecule has 0 amide bonds. The predicted octanol–water partition coefficient (Wildman–Crippen LogP) is 2.35. The smallest absolute Gasteiger partial charge is 0.0490 e. The molecule has 1 aliphatic rings. The number of hydrogen-bond acceptors (Lipinski definition) is 6. The monoisotopic (exact) mass is 690 g/mol. The molecule has 0 heterocycles. The Morgan fingerprint density at radius 3 is 1.12 bits per heavy atom. The Hall–Kier alpha value is -0.0626. The third-order valence-electron chi connectivity index (χ3n) is 4.62. The maximum atomic E-state index is 11.4. The molecule has 1 rings (SSSR count). The molecule has 1 aliphatic carbocycles. The number of hydrogen-bond donors (Lipinski definition) is 0. The summed E-state index contributed by atoms with van der Waals surface area (Å²) in [6, 6.07) is 0. The van der Waals surface area contributed by atoms with Crippen LogP contribution in [0, 0.1) is 0 Å². The van der Waals surface area contributed by atoms with E-state index in [2.05, 4.69) is 37.7 Å². The second-order valence-corrected chi connectivity index (χ2v) is 16.4. The van der Waals surface area contributed by atoms with Crippen molar-refractivity contribution >= 4 is 53.7 Å². The molecule has 0 N–H and O–H groups in total. The van der Waals surface area contributed by atoms with Gasteiger partial charge in [0.15, 0.2) is 0 Å². The molecule has 0 radical (unpaired) electrons. The molecule has 0 aromatic carbocycles. The molecule has 34 heavy (non-hydrogen) atoms. The van der Waals surface area contributed by atoms with Crippen molar-refractivity contribution in [2.24, 2.45) is 9.98 Å². The summed E-state index contributed by atoms with van der Waals surface area (Å²) < 4.78 is 6.50. The van der Waals surface area contributed by atoms with Gasteiger partial charge in [0, 0.05) is 24.5 Å². The molecular weight excluding hydrogens is 642 g/mol. The van der Waals surface area contributed by atoms with Crippen LogP contribution in [0.2, 0.25) is 17.7 Å². The van der Waals surface area contributed by atoms with Crippen molar-refractivity contribution in [3.63, 3.8) is 0 Å². The average Bonchev–Trinajstić information content (AvgIpc) is 2.84. The molecule has 0 unspecified atom stereocenters. The number of allylic oxidation sites excluding steroid dienone is 2. The minimum atomic E-state index is -0.460. The van der Waals surface area contributed by atoms with Gasteiger partial charge in [-0.05, 0) is 12.2 Å². The third kappa shape index (κ3) is 23.7. The first-order chi connectivity index (χ1) is 16.5. The molecule has 0 aliphatic heterocycles. The fraction of sp³-hybridized carbons (Fsp3) is 0.769. The largest absolute Gasteiger partial charge is 0.871 e. The van der Waals surface area contributed by atoms with Gasteiger partial charge < -0.3 is 20.4 Å². The Bertz CT molecular complexity index is 517. The number of rotatable bonds is 16. The van der Waals surface area contributed by atoms with E-state index in [1.165, 1.54) is 51.4 Å². The van der Waals surface area contributed by atoms with Crippen LogP contribution in [0.1, 0.15) is 79.1 Å². The van der Waals surface area contributed by atoms with Crippen molar-refractivity contribution in [1.29, 1.82) is 0 Å². The van der Waals surface area contributed by atoms with Gasteiger partial charge in [-0.2, -0.15) is 0 Å². The summed E-state index contributed by atoms with van der Waals surface area (Å²) in [5.74, 6) is -0.921. The minimum absolute atomic E-state index is 0.0260.